The minimum atomic E-state index is 0.154. The van der Waals surface area contributed by atoms with Gasteiger partial charge in [0.15, 0.2) is 6.29 Å². The van der Waals surface area contributed by atoms with E-state index < -0.39 is 0 Å². The van der Waals surface area contributed by atoms with Gasteiger partial charge in [-0.25, -0.2) is 0 Å². The van der Waals surface area contributed by atoms with E-state index in [2.05, 4.69) is 15.9 Å². The Hall–Kier alpha value is -0.870. The van der Waals surface area contributed by atoms with Crippen molar-refractivity contribution in [1.29, 1.82) is 0 Å². The molecule has 3 nitrogen and oxygen atoms in total. The second-order valence-electron chi connectivity index (χ2n) is 3.73. The van der Waals surface area contributed by atoms with E-state index in [1.807, 2.05) is 12.1 Å². The molecule has 0 N–H and O–H groups in total. The normalized spacial score (nSPS) is 17.1. The van der Waals surface area contributed by atoms with Crippen LogP contribution in [0.25, 0.3) is 0 Å². The van der Waals surface area contributed by atoms with Crippen molar-refractivity contribution in [3.63, 3.8) is 0 Å². The molecule has 0 unspecified atom stereocenters. The molecule has 0 bridgehead atoms. The van der Waals surface area contributed by atoms with Crippen molar-refractivity contribution in [3.8, 4) is 5.75 Å². The zero-order chi connectivity index (χ0) is 11.4. The Balaban J connectivity index is 2.12. The van der Waals surface area contributed by atoms with Gasteiger partial charge in [-0.05, 0) is 18.2 Å². The Morgan fingerprint density at radius 2 is 2.12 bits per heavy atom. The lowest BCUT2D eigenvalue weighted by atomic mass is 10.1. The van der Waals surface area contributed by atoms with Crippen LogP contribution < -0.4 is 4.74 Å². The van der Waals surface area contributed by atoms with Gasteiger partial charge in [-0.2, -0.15) is 0 Å². The predicted molar refractivity (Wildman–Crippen MR) is 64.0 cm³/mol. The van der Waals surface area contributed by atoms with E-state index in [-0.39, 0.29) is 6.10 Å². The highest BCUT2D eigenvalue weighted by Gasteiger charge is 2.16. The van der Waals surface area contributed by atoms with Crippen molar-refractivity contribution in [2.24, 2.45) is 0 Å². The van der Waals surface area contributed by atoms with Gasteiger partial charge in [0.1, 0.15) is 11.9 Å². The third-order valence-corrected chi connectivity index (χ3v) is 3.06. The maximum Gasteiger partial charge on any atom is 0.153 e. The second-order valence-corrected chi connectivity index (χ2v) is 4.65. The zero-order valence-corrected chi connectivity index (χ0v) is 10.4. The molecule has 4 heteroatoms. The Morgan fingerprint density at radius 1 is 1.38 bits per heavy atom. The number of carbonyl (C=O) groups is 1. The first-order valence-electron chi connectivity index (χ1n) is 5.29. The van der Waals surface area contributed by atoms with Crippen LogP contribution >= 0.6 is 15.9 Å². The molecule has 0 radical (unpaired) electrons. The second kappa shape index (κ2) is 5.46. The Bertz CT molecular complexity index is 373. The molecular formula is C12H13BrO3. The van der Waals surface area contributed by atoms with Crippen LogP contribution in [0.1, 0.15) is 23.2 Å². The molecule has 1 aromatic carbocycles. The molecule has 0 saturated carbocycles. The summed E-state index contributed by atoms with van der Waals surface area (Å²) in [6.07, 6.45) is 2.73. The van der Waals surface area contributed by atoms with Crippen molar-refractivity contribution in [2.45, 2.75) is 18.9 Å². The van der Waals surface area contributed by atoms with Gasteiger partial charge in [0, 0.05) is 17.3 Å². The van der Waals surface area contributed by atoms with Crippen molar-refractivity contribution >= 4 is 22.2 Å². The first kappa shape index (κ1) is 11.6. The highest BCUT2D eigenvalue weighted by Crippen LogP contribution is 2.25. The molecular weight excluding hydrogens is 272 g/mol. The average molecular weight is 285 g/mol. The van der Waals surface area contributed by atoms with Gasteiger partial charge in [0.25, 0.3) is 0 Å². The van der Waals surface area contributed by atoms with Crippen molar-refractivity contribution in [3.05, 3.63) is 28.2 Å². The van der Waals surface area contributed by atoms with Gasteiger partial charge in [0.2, 0.25) is 0 Å². The number of ether oxygens (including phenoxy) is 2. The smallest absolute Gasteiger partial charge is 0.153 e. The summed E-state index contributed by atoms with van der Waals surface area (Å²) in [5, 5.41) is 0. The average Bonchev–Trinajstić information content (AvgIpc) is 2.31. The fourth-order valence-corrected chi connectivity index (χ4v) is 2.02. The third-order valence-electron chi connectivity index (χ3n) is 2.56. The number of halogens is 1. The summed E-state index contributed by atoms with van der Waals surface area (Å²) in [5.41, 5.74) is 0.592. The van der Waals surface area contributed by atoms with E-state index in [0.29, 0.717) is 11.3 Å². The Labute approximate surface area is 103 Å². The summed E-state index contributed by atoms with van der Waals surface area (Å²) in [4.78, 5) is 10.9. The van der Waals surface area contributed by atoms with Gasteiger partial charge < -0.3 is 9.47 Å². The number of hydrogen-bond acceptors (Lipinski definition) is 3. The van der Waals surface area contributed by atoms with E-state index in [4.69, 9.17) is 9.47 Å². The van der Waals surface area contributed by atoms with Crippen LogP contribution in [0, 0.1) is 0 Å². The lowest BCUT2D eigenvalue weighted by Gasteiger charge is -2.24. The number of carbonyl (C=O) groups excluding carboxylic acids is 1. The summed E-state index contributed by atoms with van der Waals surface area (Å²) in [5.74, 6) is 0.649. The SMILES string of the molecule is O=Cc1ccc(Br)cc1OC1CCOCC1. The summed E-state index contributed by atoms with van der Waals surface area (Å²) in [6.45, 7) is 1.46. The Kier molecular flexibility index (Phi) is 3.96. The molecule has 0 aromatic heterocycles. The largest absolute Gasteiger partial charge is 0.489 e. The standard InChI is InChI=1S/C12H13BrO3/c13-10-2-1-9(8-14)12(7-10)16-11-3-5-15-6-4-11/h1-2,7-8,11H,3-6H2. The molecule has 0 aliphatic carbocycles. The minimum absolute atomic E-state index is 0.154. The molecule has 16 heavy (non-hydrogen) atoms. The lowest BCUT2D eigenvalue weighted by molar-refractivity contribution is 0.0253. The van der Waals surface area contributed by atoms with E-state index in [9.17, 15) is 4.79 Å². The quantitative estimate of drug-likeness (QED) is 0.801. The number of aldehydes is 1. The maximum atomic E-state index is 10.9. The van der Waals surface area contributed by atoms with E-state index in [1.165, 1.54) is 0 Å². The summed E-state index contributed by atoms with van der Waals surface area (Å²) in [6, 6.07) is 5.42. The molecule has 1 aliphatic rings. The summed E-state index contributed by atoms with van der Waals surface area (Å²) < 4.78 is 12.0. The minimum Gasteiger partial charge on any atom is -0.489 e. The first-order chi connectivity index (χ1) is 7.79. The molecule has 1 aliphatic heterocycles. The van der Waals surface area contributed by atoms with Crippen molar-refractivity contribution < 1.29 is 14.3 Å². The fraction of sp³-hybridized carbons (Fsp3) is 0.417. The van der Waals surface area contributed by atoms with Crippen LogP contribution in [0.2, 0.25) is 0 Å². The molecule has 1 fully saturated rings. The molecule has 86 valence electrons. The van der Waals surface area contributed by atoms with E-state index >= 15 is 0 Å². The van der Waals surface area contributed by atoms with E-state index in [0.717, 1.165) is 36.8 Å². The molecule has 0 spiro atoms. The number of hydrogen-bond donors (Lipinski definition) is 0. The molecule has 1 aromatic rings. The van der Waals surface area contributed by atoms with Crippen LogP contribution in [0.3, 0.4) is 0 Å². The molecule has 0 amide bonds. The van der Waals surface area contributed by atoms with Gasteiger partial charge in [-0.15, -0.1) is 0 Å². The number of rotatable bonds is 3. The van der Waals surface area contributed by atoms with Gasteiger partial charge in [0.05, 0.1) is 18.8 Å². The first-order valence-corrected chi connectivity index (χ1v) is 6.08. The zero-order valence-electron chi connectivity index (χ0n) is 8.82. The molecule has 1 saturated heterocycles. The lowest BCUT2D eigenvalue weighted by Crippen LogP contribution is -2.26. The van der Waals surface area contributed by atoms with Crippen molar-refractivity contribution in [2.75, 3.05) is 13.2 Å². The van der Waals surface area contributed by atoms with E-state index in [1.54, 1.807) is 6.07 Å². The summed E-state index contributed by atoms with van der Waals surface area (Å²) in [7, 11) is 0. The van der Waals surface area contributed by atoms with Crippen molar-refractivity contribution in [1.82, 2.24) is 0 Å². The molecule has 2 rings (SSSR count). The van der Waals surface area contributed by atoms with Crippen LogP contribution in [0.15, 0.2) is 22.7 Å². The molecule has 0 atom stereocenters. The highest BCUT2D eigenvalue weighted by atomic mass is 79.9. The monoisotopic (exact) mass is 284 g/mol. The van der Waals surface area contributed by atoms with Gasteiger partial charge >= 0.3 is 0 Å². The number of benzene rings is 1. The van der Waals surface area contributed by atoms with Crippen LogP contribution in [0.5, 0.6) is 5.75 Å². The molecule has 1 heterocycles. The topological polar surface area (TPSA) is 35.5 Å². The maximum absolute atomic E-state index is 10.9. The van der Waals surface area contributed by atoms with Crippen LogP contribution in [-0.2, 0) is 4.74 Å². The fourth-order valence-electron chi connectivity index (χ4n) is 1.68. The van der Waals surface area contributed by atoms with Crippen LogP contribution in [0.4, 0.5) is 0 Å². The Morgan fingerprint density at radius 3 is 2.81 bits per heavy atom. The van der Waals surface area contributed by atoms with Gasteiger partial charge in [-0.3, -0.25) is 4.79 Å². The summed E-state index contributed by atoms with van der Waals surface area (Å²) >= 11 is 3.37. The third kappa shape index (κ3) is 2.83. The van der Waals surface area contributed by atoms with Gasteiger partial charge in [-0.1, -0.05) is 15.9 Å². The van der Waals surface area contributed by atoms with Crippen LogP contribution in [-0.4, -0.2) is 25.6 Å². The highest BCUT2D eigenvalue weighted by molar-refractivity contribution is 9.10. The predicted octanol–water partition coefficient (Wildman–Crippen LogP) is 2.82.